The molecule has 0 spiro atoms. The molecule has 4 nitrogen and oxygen atoms in total. The number of aliphatic hydroxyl groups is 1. The summed E-state index contributed by atoms with van der Waals surface area (Å²) in [5, 5.41) is 23.0. The molecular weight excluding hydrogens is 252 g/mol. The number of nitrogens with one attached hydrogen (secondary N) is 1. The lowest BCUT2D eigenvalue weighted by Crippen LogP contribution is -2.45. The van der Waals surface area contributed by atoms with Crippen LogP contribution in [0.15, 0.2) is 18.2 Å². The largest absolute Gasteiger partial charge is 0.506 e. The molecule has 1 atom stereocenters. The predicted octanol–water partition coefficient (Wildman–Crippen LogP) is 1.37. The number of benzene rings is 1. The Balaban J connectivity index is 2.25. The van der Waals surface area contributed by atoms with Gasteiger partial charge < -0.3 is 15.5 Å². The van der Waals surface area contributed by atoms with E-state index in [2.05, 4.69) is 10.2 Å². The summed E-state index contributed by atoms with van der Waals surface area (Å²) < 4.78 is 0. The summed E-state index contributed by atoms with van der Waals surface area (Å²) in [5.74, 6) is 0.135. The summed E-state index contributed by atoms with van der Waals surface area (Å²) in [7, 11) is 0. The zero-order valence-electron chi connectivity index (χ0n) is 10.3. The number of phenolic OH excluding ortho intramolecular Hbond substituents is 1. The molecule has 1 aromatic rings. The molecule has 0 bridgehead atoms. The number of hydrogen-bond donors (Lipinski definition) is 3. The van der Waals surface area contributed by atoms with Crippen molar-refractivity contribution in [1.82, 2.24) is 10.2 Å². The third-order valence-electron chi connectivity index (χ3n) is 3.37. The fourth-order valence-corrected chi connectivity index (χ4v) is 2.63. The Hall–Kier alpha value is -0.810. The lowest BCUT2D eigenvalue weighted by atomic mass is 10.0. The van der Waals surface area contributed by atoms with Gasteiger partial charge in [-0.15, -0.1) is 0 Å². The first-order valence-electron chi connectivity index (χ1n) is 6.27. The first-order valence-corrected chi connectivity index (χ1v) is 6.65. The Morgan fingerprint density at radius 1 is 1.33 bits per heavy atom. The second kappa shape index (κ2) is 6.38. The molecule has 2 rings (SSSR count). The number of rotatable bonds is 4. The third-order valence-corrected chi connectivity index (χ3v) is 3.68. The van der Waals surface area contributed by atoms with Crippen LogP contribution in [0.5, 0.6) is 5.75 Å². The minimum atomic E-state index is 0.0239. The summed E-state index contributed by atoms with van der Waals surface area (Å²) in [6, 6.07) is 5.41. The molecule has 1 aromatic carbocycles. The van der Waals surface area contributed by atoms with Crippen molar-refractivity contribution in [2.24, 2.45) is 0 Å². The number of hydrogen-bond acceptors (Lipinski definition) is 4. The van der Waals surface area contributed by atoms with Crippen LogP contribution in [0.3, 0.4) is 0 Å². The second-order valence-electron chi connectivity index (χ2n) is 4.49. The lowest BCUT2D eigenvalue weighted by Gasteiger charge is -2.35. The van der Waals surface area contributed by atoms with Gasteiger partial charge in [-0.1, -0.05) is 23.7 Å². The molecule has 3 N–H and O–H groups in total. The second-order valence-corrected chi connectivity index (χ2v) is 4.90. The molecule has 18 heavy (non-hydrogen) atoms. The van der Waals surface area contributed by atoms with Crippen molar-refractivity contribution in [2.45, 2.75) is 12.5 Å². The van der Waals surface area contributed by atoms with E-state index >= 15 is 0 Å². The minimum Gasteiger partial charge on any atom is -0.506 e. The highest BCUT2D eigenvalue weighted by Gasteiger charge is 2.24. The van der Waals surface area contributed by atoms with Crippen LogP contribution in [-0.2, 0) is 0 Å². The Morgan fingerprint density at radius 3 is 2.72 bits per heavy atom. The Labute approximate surface area is 112 Å². The van der Waals surface area contributed by atoms with Crippen LogP contribution in [0.2, 0.25) is 5.02 Å². The molecule has 100 valence electrons. The quantitative estimate of drug-likeness (QED) is 0.774. The van der Waals surface area contributed by atoms with Crippen molar-refractivity contribution in [1.29, 1.82) is 0 Å². The molecule has 1 saturated heterocycles. The van der Waals surface area contributed by atoms with Gasteiger partial charge in [0, 0.05) is 44.4 Å². The highest BCUT2D eigenvalue weighted by atomic mass is 35.5. The van der Waals surface area contributed by atoms with Gasteiger partial charge in [0.15, 0.2) is 0 Å². The van der Waals surface area contributed by atoms with Crippen molar-refractivity contribution >= 4 is 11.6 Å². The van der Waals surface area contributed by atoms with Crippen molar-refractivity contribution in [3.63, 3.8) is 0 Å². The first kappa shape index (κ1) is 13.6. The minimum absolute atomic E-state index is 0.0239. The van der Waals surface area contributed by atoms with Gasteiger partial charge >= 0.3 is 0 Å². The zero-order valence-corrected chi connectivity index (χ0v) is 11.0. The van der Waals surface area contributed by atoms with Crippen molar-refractivity contribution < 1.29 is 10.2 Å². The van der Waals surface area contributed by atoms with Gasteiger partial charge in [0.05, 0.1) is 5.02 Å². The maximum atomic E-state index is 10.1. The van der Waals surface area contributed by atoms with Gasteiger partial charge in [0.2, 0.25) is 0 Å². The van der Waals surface area contributed by atoms with E-state index in [1.807, 2.05) is 12.1 Å². The van der Waals surface area contributed by atoms with Crippen LogP contribution >= 0.6 is 11.6 Å². The number of aromatic hydroxyl groups is 1. The number of halogens is 1. The van der Waals surface area contributed by atoms with E-state index in [1.54, 1.807) is 6.07 Å². The number of aliphatic hydroxyl groups excluding tert-OH is 1. The number of para-hydroxylation sites is 1. The van der Waals surface area contributed by atoms with E-state index < -0.39 is 0 Å². The zero-order chi connectivity index (χ0) is 13.0. The molecule has 1 fully saturated rings. The fourth-order valence-electron chi connectivity index (χ4n) is 2.45. The molecule has 0 aromatic heterocycles. The summed E-state index contributed by atoms with van der Waals surface area (Å²) in [4.78, 5) is 2.28. The van der Waals surface area contributed by atoms with E-state index in [1.165, 1.54) is 0 Å². The molecule has 1 aliphatic heterocycles. The van der Waals surface area contributed by atoms with Crippen LogP contribution in [-0.4, -0.2) is 47.9 Å². The van der Waals surface area contributed by atoms with E-state index in [4.69, 9.17) is 11.6 Å². The lowest BCUT2D eigenvalue weighted by molar-refractivity contribution is 0.139. The predicted molar refractivity (Wildman–Crippen MR) is 72.0 cm³/mol. The Morgan fingerprint density at radius 2 is 2.06 bits per heavy atom. The van der Waals surface area contributed by atoms with Gasteiger partial charge in [-0.25, -0.2) is 0 Å². The van der Waals surface area contributed by atoms with E-state index in [0.717, 1.165) is 31.7 Å². The standard InChI is InChI=1S/C13H19ClN2O2/c14-11-3-1-2-10(13(11)18)12(4-9-17)16-7-5-15-6-8-16/h1-3,12,15,17-18H,4-9H2/t12-/m1/s1. The fraction of sp³-hybridized carbons (Fsp3) is 0.538. The smallest absolute Gasteiger partial charge is 0.138 e. The monoisotopic (exact) mass is 270 g/mol. The number of piperazine rings is 1. The molecule has 1 heterocycles. The molecule has 0 saturated carbocycles. The molecule has 5 heteroatoms. The number of phenols is 1. The SMILES string of the molecule is OCC[C@H](c1cccc(Cl)c1O)N1CCNCC1. The molecule has 0 amide bonds. The van der Waals surface area contributed by atoms with E-state index in [9.17, 15) is 10.2 Å². The summed E-state index contributed by atoms with van der Waals surface area (Å²) in [5.41, 5.74) is 0.804. The van der Waals surface area contributed by atoms with Crippen molar-refractivity contribution in [2.75, 3.05) is 32.8 Å². The molecule has 0 aliphatic carbocycles. The molecular formula is C13H19ClN2O2. The van der Waals surface area contributed by atoms with Crippen LogP contribution in [0.25, 0.3) is 0 Å². The van der Waals surface area contributed by atoms with Crippen LogP contribution < -0.4 is 5.32 Å². The summed E-state index contributed by atoms with van der Waals surface area (Å²) in [6.45, 7) is 3.79. The number of nitrogens with zero attached hydrogens (tertiary/aromatic N) is 1. The van der Waals surface area contributed by atoms with Gasteiger partial charge in [-0.3, -0.25) is 4.90 Å². The molecule has 0 radical (unpaired) electrons. The van der Waals surface area contributed by atoms with E-state index in [-0.39, 0.29) is 18.4 Å². The van der Waals surface area contributed by atoms with Crippen molar-refractivity contribution in [3.05, 3.63) is 28.8 Å². The molecule has 0 unspecified atom stereocenters. The van der Waals surface area contributed by atoms with Crippen LogP contribution in [0.4, 0.5) is 0 Å². The maximum Gasteiger partial charge on any atom is 0.138 e. The normalized spacial score (nSPS) is 18.8. The van der Waals surface area contributed by atoms with Crippen LogP contribution in [0.1, 0.15) is 18.0 Å². The van der Waals surface area contributed by atoms with Gasteiger partial charge in [-0.05, 0) is 12.5 Å². The first-order chi connectivity index (χ1) is 8.74. The third kappa shape index (κ3) is 2.95. The highest BCUT2D eigenvalue weighted by molar-refractivity contribution is 6.32. The van der Waals surface area contributed by atoms with Gasteiger partial charge in [0.1, 0.15) is 5.75 Å². The molecule has 1 aliphatic rings. The maximum absolute atomic E-state index is 10.1. The Bertz CT molecular complexity index is 395. The summed E-state index contributed by atoms with van der Waals surface area (Å²) >= 11 is 5.95. The van der Waals surface area contributed by atoms with Gasteiger partial charge in [0.25, 0.3) is 0 Å². The van der Waals surface area contributed by atoms with Gasteiger partial charge in [-0.2, -0.15) is 0 Å². The summed E-state index contributed by atoms with van der Waals surface area (Å²) in [6.07, 6.45) is 0.605. The van der Waals surface area contributed by atoms with Crippen LogP contribution in [0, 0.1) is 0 Å². The average molecular weight is 271 g/mol. The highest BCUT2D eigenvalue weighted by Crippen LogP contribution is 2.35. The van der Waals surface area contributed by atoms with Crippen molar-refractivity contribution in [3.8, 4) is 5.75 Å². The Kier molecular flexibility index (Phi) is 4.83. The van der Waals surface area contributed by atoms with E-state index in [0.29, 0.717) is 11.4 Å². The average Bonchev–Trinajstić information content (AvgIpc) is 2.41. The topological polar surface area (TPSA) is 55.7 Å².